The fraction of sp³-hybridized carbons (Fsp3) is 0.400. The van der Waals surface area contributed by atoms with Gasteiger partial charge in [-0.1, -0.05) is 0 Å². The first-order chi connectivity index (χ1) is 7.47. The molecule has 3 N–H and O–H groups in total. The van der Waals surface area contributed by atoms with Crippen LogP contribution in [0.5, 0.6) is 0 Å². The minimum Gasteiger partial charge on any atom is -0.369 e. The molecule has 1 amide bonds. The molecule has 16 heavy (non-hydrogen) atoms. The summed E-state index contributed by atoms with van der Waals surface area (Å²) in [7, 11) is 0. The van der Waals surface area contributed by atoms with Crippen LogP contribution in [0.15, 0.2) is 12.3 Å². The number of hydrogen-bond acceptors (Lipinski definition) is 5. The van der Waals surface area contributed by atoms with Gasteiger partial charge in [0, 0.05) is 6.54 Å². The number of rotatable bonds is 4. The summed E-state index contributed by atoms with van der Waals surface area (Å²) >= 11 is 0. The first-order valence-electron chi connectivity index (χ1n) is 4.73. The topological polar surface area (TPSA) is 105 Å². The molecule has 84 valence electrons. The van der Waals surface area contributed by atoms with Gasteiger partial charge in [-0.3, -0.25) is 4.79 Å². The Kier molecular flexibility index (Phi) is 3.40. The lowest BCUT2D eigenvalue weighted by Gasteiger charge is -2.20. The first-order valence-corrected chi connectivity index (χ1v) is 4.73. The van der Waals surface area contributed by atoms with Gasteiger partial charge in [0.15, 0.2) is 5.82 Å². The van der Waals surface area contributed by atoms with Gasteiger partial charge in [0.2, 0.25) is 5.91 Å². The van der Waals surface area contributed by atoms with Crippen molar-refractivity contribution in [2.75, 3.05) is 11.9 Å². The summed E-state index contributed by atoms with van der Waals surface area (Å²) in [4.78, 5) is 11.1. The normalized spacial score (nSPS) is 10.6. The molecule has 0 spiro atoms. The lowest BCUT2D eigenvalue weighted by atomic mass is 9.93. The molecular weight excluding hydrogens is 206 g/mol. The van der Waals surface area contributed by atoms with Crippen LogP contribution in [0, 0.1) is 16.7 Å². The highest BCUT2D eigenvalue weighted by Gasteiger charge is 2.25. The van der Waals surface area contributed by atoms with E-state index >= 15 is 0 Å². The fourth-order valence-electron chi connectivity index (χ4n) is 0.944. The summed E-state index contributed by atoms with van der Waals surface area (Å²) in [5.74, 6) is -0.0540. The molecule has 0 unspecified atom stereocenters. The van der Waals surface area contributed by atoms with E-state index in [0.29, 0.717) is 17.9 Å². The molecule has 1 aromatic heterocycles. The van der Waals surface area contributed by atoms with Crippen LogP contribution >= 0.6 is 0 Å². The Morgan fingerprint density at radius 3 is 2.94 bits per heavy atom. The highest BCUT2D eigenvalue weighted by atomic mass is 16.1. The average Bonchev–Trinajstić information content (AvgIpc) is 2.26. The van der Waals surface area contributed by atoms with Gasteiger partial charge in [-0.15, -0.1) is 5.10 Å². The Morgan fingerprint density at radius 2 is 2.38 bits per heavy atom. The summed E-state index contributed by atoms with van der Waals surface area (Å²) in [5.41, 5.74) is 4.91. The smallest absolute Gasteiger partial charge is 0.224 e. The Labute approximate surface area is 93.5 Å². The lowest BCUT2D eigenvalue weighted by molar-refractivity contribution is -0.125. The van der Waals surface area contributed by atoms with E-state index in [-0.39, 0.29) is 0 Å². The van der Waals surface area contributed by atoms with Crippen LogP contribution in [-0.2, 0) is 4.79 Å². The van der Waals surface area contributed by atoms with Gasteiger partial charge >= 0.3 is 0 Å². The maximum absolute atomic E-state index is 11.1. The Bertz CT molecular complexity index is 435. The number of primary amides is 1. The minimum absolute atomic E-state index is 0.301. The van der Waals surface area contributed by atoms with E-state index in [2.05, 4.69) is 15.5 Å². The van der Waals surface area contributed by atoms with Crippen LogP contribution in [0.2, 0.25) is 0 Å². The number of carbonyl (C=O) groups excluding carboxylic acids is 1. The minimum atomic E-state index is -0.704. The molecule has 0 aromatic carbocycles. The summed E-state index contributed by atoms with van der Waals surface area (Å²) in [6.07, 6.45) is 1.43. The van der Waals surface area contributed by atoms with Crippen molar-refractivity contribution in [2.45, 2.75) is 13.8 Å². The molecule has 0 radical (unpaired) electrons. The zero-order valence-corrected chi connectivity index (χ0v) is 9.19. The van der Waals surface area contributed by atoms with E-state index in [1.165, 1.54) is 6.20 Å². The molecule has 0 bridgehead atoms. The summed E-state index contributed by atoms with van der Waals surface area (Å²) < 4.78 is 0. The van der Waals surface area contributed by atoms with Crippen LogP contribution < -0.4 is 11.1 Å². The van der Waals surface area contributed by atoms with Crippen LogP contribution in [0.1, 0.15) is 19.4 Å². The van der Waals surface area contributed by atoms with Crippen molar-refractivity contribution in [3.05, 3.63) is 17.8 Å². The molecule has 0 aliphatic carbocycles. The molecule has 0 aliphatic heterocycles. The second-order valence-corrected chi connectivity index (χ2v) is 4.01. The number of nitriles is 1. The summed E-state index contributed by atoms with van der Waals surface area (Å²) in [6, 6.07) is 3.53. The van der Waals surface area contributed by atoms with Crippen molar-refractivity contribution in [3.8, 4) is 6.07 Å². The Hall–Kier alpha value is -2.16. The zero-order valence-electron chi connectivity index (χ0n) is 9.19. The SMILES string of the molecule is CC(C)(CNc1nnccc1C#N)C(N)=O. The molecule has 0 saturated carbocycles. The van der Waals surface area contributed by atoms with Crippen LogP contribution in [-0.4, -0.2) is 22.6 Å². The molecule has 6 nitrogen and oxygen atoms in total. The highest BCUT2D eigenvalue weighted by Crippen LogP contribution is 2.16. The van der Waals surface area contributed by atoms with Crippen molar-refractivity contribution in [2.24, 2.45) is 11.1 Å². The van der Waals surface area contributed by atoms with Crippen LogP contribution in [0.3, 0.4) is 0 Å². The lowest BCUT2D eigenvalue weighted by Crippen LogP contribution is -2.37. The second kappa shape index (κ2) is 4.57. The van der Waals surface area contributed by atoms with Crippen molar-refractivity contribution >= 4 is 11.7 Å². The standard InChI is InChI=1S/C10H13N5O/c1-10(2,9(12)16)6-13-8-7(5-11)3-4-14-15-8/h3-4H,6H2,1-2H3,(H2,12,16)(H,13,15). The Morgan fingerprint density at radius 1 is 1.69 bits per heavy atom. The fourth-order valence-corrected chi connectivity index (χ4v) is 0.944. The molecule has 1 rings (SSSR count). The van der Waals surface area contributed by atoms with E-state index in [1.807, 2.05) is 6.07 Å². The van der Waals surface area contributed by atoms with E-state index in [4.69, 9.17) is 11.0 Å². The number of aromatic nitrogens is 2. The molecule has 0 atom stereocenters. The van der Waals surface area contributed by atoms with Crippen LogP contribution in [0.4, 0.5) is 5.82 Å². The van der Waals surface area contributed by atoms with Gasteiger partial charge in [0.25, 0.3) is 0 Å². The van der Waals surface area contributed by atoms with Crippen molar-refractivity contribution in [1.29, 1.82) is 5.26 Å². The van der Waals surface area contributed by atoms with Gasteiger partial charge in [0.1, 0.15) is 6.07 Å². The van der Waals surface area contributed by atoms with E-state index in [0.717, 1.165) is 0 Å². The van der Waals surface area contributed by atoms with Crippen molar-refractivity contribution in [3.63, 3.8) is 0 Å². The quantitative estimate of drug-likeness (QED) is 0.756. The third-order valence-electron chi connectivity index (χ3n) is 2.21. The monoisotopic (exact) mass is 219 g/mol. The van der Waals surface area contributed by atoms with Crippen molar-refractivity contribution < 1.29 is 4.79 Å². The molecule has 6 heteroatoms. The number of anilines is 1. The van der Waals surface area contributed by atoms with E-state index in [9.17, 15) is 4.79 Å². The van der Waals surface area contributed by atoms with Crippen molar-refractivity contribution in [1.82, 2.24) is 10.2 Å². The second-order valence-electron chi connectivity index (χ2n) is 4.01. The van der Waals surface area contributed by atoms with Crippen LogP contribution in [0.25, 0.3) is 0 Å². The molecular formula is C10H13N5O. The number of amides is 1. The van der Waals surface area contributed by atoms with E-state index < -0.39 is 11.3 Å². The number of nitrogens with zero attached hydrogens (tertiary/aromatic N) is 3. The Balaban J connectivity index is 2.76. The molecule has 0 saturated heterocycles. The average molecular weight is 219 g/mol. The van der Waals surface area contributed by atoms with Gasteiger partial charge in [-0.05, 0) is 19.9 Å². The van der Waals surface area contributed by atoms with E-state index in [1.54, 1.807) is 19.9 Å². The van der Waals surface area contributed by atoms with Gasteiger partial charge < -0.3 is 11.1 Å². The highest BCUT2D eigenvalue weighted by molar-refractivity contribution is 5.80. The number of carbonyl (C=O) groups is 1. The number of nitrogens with one attached hydrogen (secondary N) is 1. The molecule has 1 aromatic rings. The molecule has 0 fully saturated rings. The first kappa shape index (κ1) is 11.9. The predicted molar refractivity (Wildman–Crippen MR) is 58.2 cm³/mol. The third-order valence-corrected chi connectivity index (χ3v) is 2.21. The molecule has 1 heterocycles. The maximum atomic E-state index is 11.1. The largest absolute Gasteiger partial charge is 0.369 e. The van der Waals surface area contributed by atoms with Gasteiger partial charge in [0.05, 0.1) is 17.2 Å². The molecule has 0 aliphatic rings. The zero-order chi connectivity index (χ0) is 12.2. The van der Waals surface area contributed by atoms with Gasteiger partial charge in [-0.25, -0.2) is 0 Å². The number of nitrogens with two attached hydrogens (primary N) is 1. The summed E-state index contributed by atoms with van der Waals surface area (Å²) in [5, 5.41) is 19.1. The summed E-state index contributed by atoms with van der Waals surface area (Å²) in [6.45, 7) is 3.73. The maximum Gasteiger partial charge on any atom is 0.224 e. The van der Waals surface area contributed by atoms with Gasteiger partial charge in [-0.2, -0.15) is 10.4 Å². The third kappa shape index (κ3) is 2.67. The predicted octanol–water partition coefficient (Wildman–Crippen LogP) is 0.272. The number of hydrogen-bond donors (Lipinski definition) is 2.